The molecule has 3 nitrogen and oxygen atoms in total. The van der Waals surface area contributed by atoms with Crippen LogP contribution in [0.4, 0.5) is 4.39 Å². The molecule has 1 rings (SSSR count). The number of halogens is 1. The molecule has 1 amide bonds. The van der Waals surface area contributed by atoms with Crippen LogP contribution in [-0.2, 0) is 11.2 Å². The second kappa shape index (κ2) is 7.89. The lowest BCUT2D eigenvalue weighted by Crippen LogP contribution is -2.45. The molecule has 0 heterocycles. The van der Waals surface area contributed by atoms with Gasteiger partial charge in [0, 0.05) is 6.54 Å². The fourth-order valence-electron chi connectivity index (χ4n) is 2.02. The summed E-state index contributed by atoms with van der Waals surface area (Å²) in [6.45, 7) is 5.48. The average Bonchev–Trinajstić information content (AvgIpc) is 2.41. The van der Waals surface area contributed by atoms with Crippen LogP contribution in [0.15, 0.2) is 24.3 Å². The number of amides is 1. The Bertz CT molecular complexity index is 392. The van der Waals surface area contributed by atoms with Crippen LogP contribution in [0.3, 0.4) is 0 Å². The van der Waals surface area contributed by atoms with Gasteiger partial charge in [-0.05, 0) is 44.1 Å². The molecule has 1 aromatic carbocycles. The van der Waals surface area contributed by atoms with E-state index in [1.54, 1.807) is 12.1 Å². The summed E-state index contributed by atoms with van der Waals surface area (Å²) >= 11 is 0. The molecule has 0 bridgehead atoms. The Kier molecular flexibility index (Phi) is 6.50. The summed E-state index contributed by atoms with van der Waals surface area (Å²) in [7, 11) is 1.95. The van der Waals surface area contributed by atoms with Crippen molar-refractivity contribution in [3.8, 4) is 0 Å². The minimum Gasteiger partial charge on any atom is -0.354 e. The van der Waals surface area contributed by atoms with E-state index in [-0.39, 0.29) is 17.8 Å². The summed E-state index contributed by atoms with van der Waals surface area (Å²) in [4.78, 5) is 14.0. The van der Waals surface area contributed by atoms with E-state index in [9.17, 15) is 9.18 Å². The first kappa shape index (κ1) is 15.6. The summed E-state index contributed by atoms with van der Waals surface area (Å²) in [6, 6.07) is 6.31. The van der Waals surface area contributed by atoms with Gasteiger partial charge in [-0.15, -0.1) is 0 Å². The van der Waals surface area contributed by atoms with Crippen LogP contribution in [0.5, 0.6) is 0 Å². The van der Waals surface area contributed by atoms with Gasteiger partial charge < -0.3 is 5.32 Å². The second-order valence-corrected chi connectivity index (χ2v) is 4.66. The number of nitrogens with one attached hydrogen (secondary N) is 1. The number of carbonyl (C=O) groups is 1. The molecule has 0 spiro atoms. The Morgan fingerprint density at radius 1 is 1.32 bits per heavy atom. The van der Waals surface area contributed by atoms with Crippen molar-refractivity contribution in [3.05, 3.63) is 35.6 Å². The molecule has 106 valence electrons. The molecular formula is C15H23FN2O. The maximum atomic E-state index is 12.7. The highest BCUT2D eigenvalue weighted by atomic mass is 19.1. The summed E-state index contributed by atoms with van der Waals surface area (Å²) in [5.74, 6) is -0.169. The Labute approximate surface area is 114 Å². The first-order valence-electron chi connectivity index (χ1n) is 6.80. The van der Waals surface area contributed by atoms with Gasteiger partial charge in [-0.1, -0.05) is 26.0 Å². The summed E-state index contributed by atoms with van der Waals surface area (Å²) < 4.78 is 12.7. The smallest absolute Gasteiger partial charge is 0.237 e. The van der Waals surface area contributed by atoms with Gasteiger partial charge in [0.05, 0.1) is 6.04 Å². The Balaban J connectivity index is 2.39. The van der Waals surface area contributed by atoms with Gasteiger partial charge in [0.1, 0.15) is 5.82 Å². The van der Waals surface area contributed by atoms with E-state index in [1.807, 2.05) is 25.8 Å². The van der Waals surface area contributed by atoms with E-state index in [4.69, 9.17) is 0 Å². The minimum absolute atomic E-state index is 0.0639. The van der Waals surface area contributed by atoms with E-state index in [1.165, 1.54) is 12.1 Å². The predicted octanol–water partition coefficient (Wildman–Crippen LogP) is 2.21. The van der Waals surface area contributed by atoms with E-state index >= 15 is 0 Å². The number of rotatable bonds is 7. The van der Waals surface area contributed by atoms with Crippen molar-refractivity contribution < 1.29 is 9.18 Å². The van der Waals surface area contributed by atoms with Crippen LogP contribution in [0.2, 0.25) is 0 Å². The van der Waals surface area contributed by atoms with Gasteiger partial charge >= 0.3 is 0 Å². The van der Waals surface area contributed by atoms with Gasteiger partial charge in [-0.3, -0.25) is 9.69 Å². The molecule has 0 fully saturated rings. The van der Waals surface area contributed by atoms with Crippen molar-refractivity contribution in [2.45, 2.75) is 32.7 Å². The lowest BCUT2D eigenvalue weighted by atomic mass is 10.1. The highest BCUT2D eigenvalue weighted by Gasteiger charge is 2.19. The predicted molar refractivity (Wildman–Crippen MR) is 75.5 cm³/mol. The molecule has 1 aromatic rings. The van der Waals surface area contributed by atoms with Crippen molar-refractivity contribution in [1.82, 2.24) is 10.2 Å². The normalized spacial score (nSPS) is 12.5. The molecule has 0 aliphatic heterocycles. The van der Waals surface area contributed by atoms with Crippen molar-refractivity contribution in [3.63, 3.8) is 0 Å². The number of hydrogen-bond acceptors (Lipinski definition) is 2. The fraction of sp³-hybridized carbons (Fsp3) is 0.533. The molecule has 19 heavy (non-hydrogen) atoms. The molecule has 0 aromatic heterocycles. The van der Waals surface area contributed by atoms with E-state index in [2.05, 4.69) is 5.32 Å². The second-order valence-electron chi connectivity index (χ2n) is 4.66. The van der Waals surface area contributed by atoms with Crippen LogP contribution in [0.25, 0.3) is 0 Å². The quantitative estimate of drug-likeness (QED) is 0.820. The zero-order valence-electron chi connectivity index (χ0n) is 11.9. The van der Waals surface area contributed by atoms with Crippen molar-refractivity contribution in [1.29, 1.82) is 0 Å². The van der Waals surface area contributed by atoms with Crippen LogP contribution >= 0.6 is 0 Å². The molecular weight excluding hydrogens is 243 g/mol. The minimum atomic E-state index is -0.233. The number of hydrogen-bond donors (Lipinski definition) is 1. The average molecular weight is 266 g/mol. The maximum Gasteiger partial charge on any atom is 0.237 e. The molecule has 1 N–H and O–H groups in total. The van der Waals surface area contributed by atoms with Crippen molar-refractivity contribution in [2.24, 2.45) is 0 Å². The fourth-order valence-corrected chi connectivity index (χ4v) is 2.02. The molecule has 0 aliphatic carbocycles. The summed E-state index contributed by atoms with van der Waals surface area (Å²) in [5.41, 5.74) is 1.03. The maximum absolute atomic E-state index is 12.7. The topological polar surface area (TPSA) is 32.3 Å². The molecule has 0 saturated heterocycles. The third kappa shape index (κ3) is 4.99. The number of likely N-dealkylation sites (N-methyl/N-ethyl adjacent to an activating group) is 1. The summed E-state index contributed by atoms with van der Waals surface area (Å²) in [6.07, 6.45) is 1.52. The van der Waals surface area contributed by atoms with Gasteiger partial charge in [-0.2, -0.15) is 0 Å². The van der Waals surface area contributed by atoms with Crippen LogP contribution in [0, 0.1) is 5.82 Å². The number of benzene rings is 1. The largest absolute Gasteiger partial charge is 0.354 e. The van der Waals surface area contributed by atoms with E-state index in [0.717, 1.165) is 24.9 Å². The Morgan fingerprint density at radius 3 is 2.47 bits per heavy atom. The first-order chi connectivity index (χ1) is 9.08. The summed E-state index contributed by atoms with van der Waals surface area (Å²) in [5, 5.41) is 2.94. The Morgan fingerprint density at radius 2 is 1.95 bits per heavy atom. The highest BCUT2D eigenvalue weighted by Crippen LogP contribution is 2.04. The lowest BCUT2D eigenvalue weighted by molar-refractivity contribution is -0.126. The van der Waals surface area contributed by atoms with Gasteiger partial charge in [0.15, 0.2) is 0 Å². The Hall–Kier alpha value is -1.42. The van der Waals surface area contributed by atoms with E-state index in [0.29, 0.717) is 6.54 Å². The van der Waals surface area contributed by atoms with Crippen LogP contribution in [0.1, 0.15) is 25.8 Å². The third-order valence-corrected chi connectivity index (χ3v) is 3.35. The zero-order chi connectivity index (χ0) is 14.3. The van der Waals surface area contributed by atoms with Crippen LogP contribution < -0.4 is 5.32 Å². The van der Waals surface area contributed by atoms with Gasteiger partial charge in [0.2, 0.25) is 5.91 Å². The number of nitrogens with zero attached hydrogens (tertiary/aromatic N) is 1. The van der Waals surface area contributed by atoms with Crippen molar-refractivity contribution in [2.75, 3.05) is 20.1 Å². The van der Waals surface area contributed by atoms with Crippen molar-refractivity contribution >= 4 is 5.91 Å². The van der Waals surface area contributed by atoms with Gasteiger partial charge in [-0.25, -0.2) is 4.39 Å². The third-order valence-electron chi connectivity index (χ3n) is 3.35. The van der Waals surface area contributed by atoms with Crippen LogP contribution in [-0.4, -0.2) is 37.0 Å². The molecule has 0 radical (unpaired) electrons. The van der Waals surface area contributed by atoms with E-state index < -0.39 is 0 Å². The molecule has 1 unspecified atom stereocenters. The first-order valence-corrected chi connectivity index (χ1v) is 6.80. The highest BCUT2D eigenvalue weighted by molar-refractivity contribution is 5.81. The molecule has 1 atom stereocenters. The standard InChI is InChI=1S/C15H23FN2O/c1-4-14(18(3)5-2)15(19)17-11-10-12-6-8-13(16)9-7-12/h6-9,14H,4-5,10-11H2,1-3H3,(H,17,19). The molecule has 0 saturated carbocycles. The lowest BCUT2D eigenvalue weighted by Gasteiger charge is -2.24. The zero-order valence-corrected chi connectivity index (χ0v) is 11.9. The SMILES string of the molecule is CCC(C(=O)NCCc1ccc(F)cc1)N(C)CC. The monoisotopic (exact) mass is 266 g/mol. The number of carbonyl (C=O) groups excluding carboxylic acids is 1. The molecule has 0 aliphatic rings. The molecule has 4 heteroatoms. The van der Waals surface area contributed by atoms with Gasteiger partial charge in [0.25, 0.3) is 0 Å².